The molecular weight excluding hydrogens is 643 g/mol. The minimum Gasteiger partial charge on any atom is -0.393 e. The smallest absolute Gasteiger partial charge is 0.223 e. The van der Waals surface area contributed by atoms with Crippen molar-refractivity contribution in [1.82, 2.24) is 16.0 Å². The maximum Gasteiger partial charge on any atom is 0.223 e. The molecule has 0 aromatic heterocycles. The summed E-state index contributed by atoms with van der Waals surface area (Å²) in [5.74, 6) is 3.50. The predicted molar refractivity (Wildman–Crippen MR) is 230 cm³/mol. The highest BCUT2D eigenvalue weighted by molar-refractivity contribution is 5.79. The molecule has 6 heteroatoms. The van der Waals surface area contributed by atoms with E-state index in [0.717, 1.165) is 30.5 Å². The lowest BCUT2D eigenvalue weighted by atomic mass is 9.88. The lowest BCUT2D eigenvalue weighted by molar-refractivity contribution is -0.126. The number of allylic oxidation sites excluding steroid dienone is 4. The first-order chi connectivity index (χ1) is 24.8. The first kappa shape index (κ1) is 55.2. The van der Waals surface area contributed by atoms with Crippen LogP contribution >= 0.6 is 0 Å². The van der Waals surface area contributed by atoms with Crippen LogP contribution in [0.5, 0.6) is 0 Å². The zero-order valence-corrected chi connectivity index (χ0v) is 35.9. The quantitative estimate of drug-likeness (QED) is 0.0612. The third kappa shape index (κ3) is 30.1. The molecule has 5 atom stereocenters. The minimum atomic E-state index is -0.457. The van der Waals surface area contributed by atoms with Crippen LogP contribution in [0.15, 0.2) is 79.1 Å². The fourth-order valence-corrected chi connectivity index (χ4v) is 4.88. The number of terminal acetylenes is 1. The largest absolute Gasteiger partial charge is 0.393 e. The van der Waals surface area contributed by atoms with Crippen LogP contribution in [0, 0.1) is 36.0 Å². The summed E-state index contributed by atoms with van der Waals surface area (Å²) in [6, 6.07) is 10.1. The molecule has 1 rings (SSSR count). The van der Waals surface area contributed by atoms with Crippen molar-refractivity contribution in [1.29, 1.82) is 0 Å². The molecule has 1 aromatic carbocycles. The maximum absolute atomic E-state index is 12.8. The Kier molecular flexibility index (Phi) is 39.5. The summed E-state index contributed by atoms with van der Waals surface area (Å²) in [7, 11) is 0. The Balaban J connectivity index is -0.000000427. The molecule has 0 bridgehead atoms. The molecule has 3 unspecified atom stereocenters. The van der Waals surface area contributed by atoms with Crippen LogP contribution in [-0.2, 0) is 16.1 Å². The van der Waals surface area contributed by atoms with E-state index < -0.39 is 6.10 Å². The molecule has 1 aromatic rings. The average Bonchev–Trinajstić information content (AvgIpc) is 3.15. The zero-order valence-electron chi connectivity index (χ0n) is 35.9. The van der Waals surface area contributed by atoms with Gasteiger partial charge in [0.25, 0.3) is 0 Å². The van der Waals surface area contributed by atoms with E-state index in [1.807, 2.05) is 98.7 Å². The molecular formula is C46H81N3O3. The Bertz CT molecular complexity index is 1130. The molecule has 0 aliphatic heterocycles. The number of nitrogens with one attached hydrogen (secondary N) is 3. The summed E-state index contributed by atoms with van der Waals surface area (Å²) in [6.07, 6.45) is 16.4. The van der Waals surface area contributed by atoms with Crippen LogP contribution in [-0.4, -0.2) is 35.1 Å². The van der Waals surface area contributed by atoms with E-state index >= 15 is 0 Å². The van der Waals surface area contributed by atoms with Gasteiger partial charge in [0, 0.05) is 36.2 Å². The number of benzene rings is 1. The molecule has 6 nitrogen and oxygen atoms in total. The molecule has 0 heterocycles. The van der Waals surface area contributed by atoms with Crippen LogP contribution < -0.4 is 16.0 Å². The highest BCUT2D eigenvalue weighted by Gasteiger charge is 2.25. The van der Waals surface area contributed by atoms with E-state index in [-0.39, 0.29) is 35.7 Å². The Hall–Kier alpha value is -3.56. The van der Waals surface area contributed by atoms with Crippen molar-refractivity contribution in [2.75, 3.05) is 0 Å². The topological polar surface area (TPSA) is 90.5 Å². The van der Waals surface area contributed by atoms with Gasteiger partial charge >= 0.3 is 0 Å². The van der Waals surface area contributed by atoms with Gasteiger partial charge in [-0.1, -0.05) is 157 Å². The van der Waals surface area contributed by atoms with E-state index in [0.29, 0.717) is 37.6 Å². The van der Waals surface area contributed by atoms with E-state index in [4.69, 9.17) is 6.42 Å². The monoisotopic (exact) mass is 724 g/mol. The van der Waals surface area contributed by atoms with E-state index in [1.54, 1.807) is 6.08 Å². The summed E-state index contributed by atoms with van der Waals surface area (Å²) in [6.45, 7) is 37.0. The van der Waals surface area contributed by atoms with Crippen molar-refractivity contribution in [3.05, 3.63) is 84.6 Å². The SMILES string of the molecule is C#C/C(=C\C=C/C)CCC(=O)NC(C=C)CC.C=C(NCc1ccccc1)[C@H](CC(C)C)NC(=O)C(C)CC(O)[C@@H](C)CC(C)C.CC.CC.CC. The van der Waals surface area contributed by atoms with E-state index in [2.05, 4.69) is 81.8 Å². The Morgan fingerprint density at radius 3 is 1.90 bits per heavy atom. The lowest BCUT2D eigenvalue weighted by Gasteiger charge is -2.27. The second-order valence-corrected chi connectivity index (χ2v) is 13.0. The van der Waals surface area contributed by atoms with Crippen molar-refractivity contribution in [2.24, 2.45) is 23.7 Å². The Morgan fingerprint density at radius 1 is 0.885 bits per heavy atom. The maximum atomic E-state index is 12.8. The van der Waals surface area contributed by atoms with Gasteiger partial charge < -0.3 is 21.1 Å². The number of rotatable bonds is 20. The number of amides is 2. The molecule has 0 radical (unpaired) electrons. The van der Waals surface area contributed by atoms with Crippen molar-refractivity contribution in [2.45, 2.75) is 160 Å². The first-order valence-electron chi connectivity index (χ1n) is 19.9. The van der Waals surface area contributed by atoms with Gasteiger partial charge in [-0.3, -0.25) is 9.59 Å². The Labute approximate surface area is 322 Å². The summed E-state index contributed by atoms with van der Waals surface area (Å²) in [5, 5.41) is 19.9. The normalized spacial score (nSPS) is 13.3. The number of aliphatic hydroxyl groups is 1. The predicted octanol–water partition coefficient (Wildman–Crippen LogP) is 11.0. The van der Waals surface area contributed by atoms with Gasteiger partial charge in [-0.15, -0.1) is 13.0 Å². The lowest BCUT2D eigenvalue weighted by Crippen LogP contribution is -2.43. The second-order valence-electron chi connectivity index (χ2n) is 13.0. The fourth-order valence-electron chi connectivity index (χ4n) is 4.88. The second kappa shape index (κ2) is 37.2. The Morgan fingerprint density at radius 2 is 1.44 bits per heavy atom. The number of hydrogen-bond acceptors (Lipinski definition) is 4. The van der Waals surface area contributed by atoms with Gasteiger partial charge in [0.1, 0.15) is 0 Å². The van der Waals surface area contributed by atoms with Crippen LogP contribution in [0.3, 0.4) is 0 Å². The molecule has 0 aliphatic carbocycles. The molecule has 0 saturated carbocycles. The standard InChI is InChI=1S/C25H42N2O2.C15H21NO.3C2H6/c1-17(2)13-19(5)24(28)15-20(6)25(29)27-23(14-18(3)4)21(7)26-16-22-11-9-8-10-12-22;1-5-9-10-13(6-2)11-12-15(17)16-14(7-3)8-4;3*1-2/h8-12,17-20,23-24,26,28H,7,13-16H2,1-6H3,(H,27,29);2,5,7,9-10,14H,3,8,11-12H2,1,4H3,(H,16,17);3*1-2H3/b;9-5-,13-10+;;;/t19-,20?,23-,24?;;;;/m0..../s1. The molecule has 0 aliphatic rings. The third-order valence-corrected chi connectivity index (χ3v) is 7.72. The van der Waals surface area contributed by atoms with E-state index in [9.17, 15) is 14.7 Å². The van der Waals surface area contributed by atoms with Gasteiger partial charge in [0.15, 0.2) is 0 Å². The van der Waals surface area contributed by atoms with Gasteiger partial charge in [-0.2, -0.15) is 0 Å². The average molecular weight is 724 g/mol. The van der Waals surface area contributed by atoms with Crippen LogP contribution in [0.1, 0.15) is 141 Å². The molecule has 52 heavy (non-hydrogen) atoms. The minimum absolute atomic E-state index is 0.0124. The first-order valence-corrected chi connectivity index (χ1v) is 19.9. The van der Waals surface area contributed by atoms with E-state index in [1.165, 1.54) is 5.56 Å². The summed E-state index contributed by atoms with van der Waals surface area (Å²) >= 11 is 0. The molecule has 4 N–H and O–H groups in total. The van der Waals surface area contributed by atoms with Crippen molar-refractivity contribution in [3.63, 3.8) is 0 Å². The highest BCUT2D eigenvalue weighted by Crippen LogP contribution is 2.21. The van der Waals surface area contributed by atoms with Crippen molar-refractivity contribution < 1.29 is 14.7 Å². The third-order valence-electron chi connectivity index (χ3n) is 7.72. The molecule has 298 valence electrons. The molecule has 2 amide bonds. The molecule has 0 saturated heterocycles. The van der Waals surface area contributed by atoms with Crippen LogP contribution in [0.25, 0.3) is 0 Å². The summed E-state index contributed by atoms with van der Waals surface area (Å²) < 4.78 is 0. The number of carbonyl (C=O) groups excluding carboxylic acids is 2. The number of aliphatic hydroxyl groups excluding tert-OH is 1. The zero-order chi connectivity index (χ0) is 41.1. The number of hydrogen-bond donors (Lipinski definition) is 4. The summed E-state index contributed by atoms with van der Waals surface area (Å²) in [5.41, 5.74) is 2.85. The van der Waals surface area contributed by atoms with Crippen LogP contribution in [0.4, 0.5) is 0 Å². The van der Waals surface area contributed by atoms with Crippen LogP contribution in [0.2, 0.25) is 0 Å². The van der Waals surface area contributed by atoms with Crippen molar-refractivity contribution >= 4 is 11.8 Å². The fraction of sp³-hybridized carbons (Fsp3) is 0.609. The molecule has 0 fully saturated rings. The van der Waals surface area contributed by atoms with Crippen molar-refractivity contribution in [3.8, 4) is 12.3 Å². The molecule has 0 spiro atoms. The van der Waals surface area contributed by atoms with Gasteiger partial charge in [-0.05, 0) is 62.3 Å². The van der Waals surface area contributed by atoms with Gasteiger partial charge in [-0.25, -0.2) is 0 Å². The number of carbonyl (C=O) groups is 2. The van der Waals surface area contributed by atoms with Gasteiger partial charge in [0.2, 0.25) is 11.8 Å². The highest BCUT2D eigenvalue weighted by atomic mass is 16.3. The summed E-state index contributed by atoms with van der Waals surface area (Å²) in [4.78, 5) is 24.4. The van der Waals surface area contributed by atoms with Gasteiger partial charge in [0.05, 0.1) is 12.1 Å².